The Balaban J connectivity index is 1.83. The van der Waals surface area contributed by atoms with E-state index in [-0.39, 0.29) is 10.9 Å². The van der Waals surface area contributed by atoms with Gasteiger partial charge in [0.2, 0.25) is 10.0 Å². The molecule has 0 N–H and O–H groups in total. The second kappa shape index (κ2) is 7.23. The van der Waals surface area contributed by atoms with Crippen LogP contribution in [0.3, 0.4) is 0 Å². The summed E-state index contributed by atoms with van der Waals surface area (Å²) in [5, 5.41) is 0. The number of hydrogen-bond acceptors (Lipinski definition) is 4. The smallest absolute Gasteiger partial charge is 0.338 e. The summed E-state index contributed by atoms with van der Waals surface area (Å²) in [5.74, 6) is 0.0767. The topological polar surface area (TPSA) is 63.7 Å². The highest BCUT2D eigenvalue weighted by atomic mass is 32.2. The fraction of sp³-hybridized carbons (Fsp3) is 0.611. The summed E-state index contributed by atoms with van der Waals surface area (Å²) in [6.07, 6.45) is 6.49. The molecule has 1 aliphatic heterocycles. The fourth-order valence-corrected chi connectivity index (χ4v) is 5.74. The van der Waals surface area contributed by atoms with Gasteiger partial charge in [0.25, 0.3) is 0 Å². The van der Waals surface area contributed by atoms with Crippen molar-refractivity contribution in [3.8, 4) is 0 Å². The summed E-state index contributed by atoms with van der Waals surface area (Å²) in [4.78, 5) is 12.0. The van der Waals surface area contributed by atoms with Gasteiger partial charge in [0.05, 0.1) is 17.1 Å². The monoisotopic (exact) mass is 351 g/mol. The molecule has 6 heteroatoms. The van der Waals surface area contributed by atoms with E-state index >= 15 is 0 Å². The van der Waals surface area contributed by atoms with E-state index in [4.69, 9.17) is 4.74 Å². The number of nitrogens with zero attached hydrogens (tertiary/aromatic N) is 1. The van der Waals surface area contributed by atoms with Gasteiger partial charge in [-0.1, -0.05) is 12.8 Å². The number of carbonyl (C=O) groups excluding carboxylic acids is 1. The van der Waals surface area contributed by atoms with E-state index in [0.717, 1.165) is 32.1 Å². The molecule has 1 heterocycles. The molecule has 1 aromatic carbocycles. The molecule has 1 saturated carbocycles. The highest BCUT2D eigenvalue weighted by Crippen LogP contribution is 2.38. The predicted molar refractivity (Wildman–Crippen MR) is 91.3 cm³/mol. The Labute approximate surface area is 144 Å². The number of fused-ring (bicyclic) bond motifs is 1. The molecule has 5 nitrogen and oxygen atoms in total. The van der Waals surface area contributed by atoms with Crippen LogP contribution in [-0.4, -0.2) is 37.9 Å². The summed E-state index contributed by atoms with van der Waals surface area (Å²) in [7, 11) is -3.51. The third-order valence-electron chi connectivity index (χ3n) is 5.16. The molecular weight excluding hydrogens is 326 g/mol. The van der Waals surface area contributed by atoms with E-state index in [1.807, 2.05) is 0 Å². The van der Waals surface area contributed by atoms with E-state index in [1.165, 1.54) is 30.7 Å². The Kier molecular flexibility index (Phi) is 5.25. The second-order valence-corrected chi connectivity index (χ2v) is 8.51. The molecule has 2 atom stereocenters. The fourth-order valence-electron chi connectivity index (χ4n) is 3.99. The van der Waals surface area contributed by atoms with Crippen molar-refractivity contribution in [2.24, 2.45) is 5.92 Å². The van der Waals surface area contributed by atoms with Crippen LogP contribution in [0.2, 0.25) is 0 Å². The summed E-state index contributed by atoms with van der Waals surface area (Å²) < 4.78 is 32.8. The summed E-state index contributed by atoms with van der Waals surface area (Å²) in [5.41, 5.74) is 0.380. The van der Waals surface area contributed by atoms with E-state index in [1.54, 1.807) is 11.2 Å². The van der Waals surface area contributed by atoms with Gasteiger partial charge in [0.15, 0.2) is 0 Å². The van der Waals surface area contributed by atoms with Gasteiger partial charge in [-0.25, -0.2) is 13.2 Å². The van der Waals surface area contributed by atoms with Gasteiger partial charge < -0.3 is 4.74 Å². The van der Waals surface area contributed by atoms with Gasteiger partial charge in [0, 0.05) is 12.6 Å². The number of benzene rings is 1. The lowest BCUT2D eigenvalue weighted by Gasteiger charge is -2.43. The van der Waals surface area contributed by atoms with Gasteiger partial charge in [-0.15, -0.1) is 0 Å². The van der Waals surface area contributed by atoms with E-state index in [0.29, 0.717) is 24.6 Å². The van der Waals surface area contributed by atoms with Gasteiger partial charge in [-0.3, -0.25) is 0 Å². The van der Waals surface area contributed by atoms with Crippen LogP contribution in [0, 0.1) is 5.92 Å². The maximum absolute atomic E-state index is 13.1. The largest absolute Gasteiger partial charge is 0.462 e. The molecule has 0 unspecified atom stereocenters. The predicted octanol–water partition coefficient (Wildman–Crippen LogP) is 3.21. The highest BCUT2D eigenvalue weighted by Gasteiger charge is 2.39. The Morgan fingerprint density at radius 1 is 1.12 bits per heavy atom. The minimum absolute atomic E-state index is 0.141. The zero-order valence-electron chi connectivity index (χ0n) is 14.1. The molecule has 2 aliphatic rings. The molecule has 1 saturated heterocycles. The lowest BCUT2D eigenvalue weighted by molar-refractivity contribution is 0.0526. The summed E-state index contributed by atoms with van der Waals surface area (Å²) in [6, 6.07) is 6.25. The van der Waals surface area contributed by atoms with Gasteiger partial charge in [-0.05, 0) is 62.8 Å². The number of ether oxygens (including phenoxy) is 1. The first-order valence-electron chi connectivity index (χ1n) is 8.83. The van der Waals surface area contributed by atoms with Crippen LogP contribution < -0.4 is 0 Å². The molecule has 1 aromatic rings. The zero-order chi connectivity index (χ0) is 17.2. The first-order chi connectivity index (χ1) is 11.5. The third kappa shape index (κ3) is 3.35. The van der Waals surface area contributed by atoms with Crippen LogP contribution in [0.25, 0.3) is 0 Å². The molecule has 24 heavy (non-hydrogen) atoms. The lowest BCUT2D eigenvalue weighted by atomic mass is 9.79. The van der Waals surface area contributed by atoms with Crippen LogP contribution in [0.1, 0.15) is 55.8 Å². The second-order valence-electron chi connectivity index (χ2n) is 6.61. The maximum atomic E-state index is 13.1. The molecule has 0 radical (unpaired) electrons. The molecule has 0 spiro atoms. The van der Waals surface area contributed by atoms with E-state index in [2.05, 4.69) is 0 Å². The first kappa shape index (κ1) is 17.4. The number of carbonyl (C=O) groups is 1. The van der Waals surface area contributed by atoms with Gasteiger partial charge in [-0.2, -0.15) is 4.31 Å². The minimum atomic E-state index is -3.51. The minimum Gasteiger partial charge on any atom is -0.462 e. The van der Waals surface area contributed by atoms with Crippen LogP contribution in [-0.2, 0) is 14.8 Å². The van der Waals surface area contributed by atoms with Crippen molar-refractivity contribution in [2.45, 2.75) is 56.4 Å². The normalized spacial score (nSPS) is 25.0. The molecule has 0 bridgehead atoms. The Morgan fingerprint density at radius 2 is 1.79 bits per heavy atom. The van der Waals surface area contributed by atoms with Crippen molar-refractivity contribution in [3.05, 3.63) is 29.8 Å². The average molecular weight is 351 g/mol. The standard InChI is InChI=1S/C18H25NO4S/c1-2-23-18(20)15-9-11-16(12-10-15)24(21,22)19-13-5-7-14-6-3-4-8-17(14)19/h9-12,14,17H,2-8,13H2,1H3/t14-,17-/m0/s1. The Bertz CT molecular complexity index is 681. The third-order valence-corrected chi connectivity index (χ3v) is 7.10. The van der Waals surface area contributed by atoms with Crippen LogP contribution in [0.4, 0.5) is 0 Å². The number of piperidine rings is 1. The molecule has 3 rings (SSSR count). The Hall–Kier alpha value is -1.40. The molecule has 0 aromatic heterocycles. The molecule has 132 valence electrons. The number of sulfonamides is 1. The first-order valence-corrected chi connectivity index (χ1v) is 10.3. The molecular formula is C18H25NO4S. The van der Waals surface area contributed by atoms with E-state index in [9.17, 15) is 13.2 Å². The van der Waals surface area contributed by atoms with Crippen molar-refractivity contribution in [1.29, 1.82) is 0 Å². The number of esters is 1. The zero-order valence-corrected chi connectivity index (χ0v) is 14.9. The van der Waals surface area contributed by atoms with Gasteiger partial charge >= 0.3 is 5.97 Å². The Morgan fingerprint density at radius 3 is 2.50 bits per heavy atom. The van der Waals surface area contributed by atoms with Crippen molar-refractivity contribution in [1.82, 2.24) is 4.31 Å². The lowest BCUT2D eigenvalue weighted by Crippen LogP contribution is -2.49. The number of hydrogen-bond donors (Lipinski definition) is 0. The van der Waals surface area contributed by atoms with Crippen molar-refractivity contribution in [3.63, 3.8) is 0 Å². The van der Waals surface area contributed by atoms with Crippen LogP contribution in [0.5, 0.6) is 0 Å². The molecule has 2 fully saturated rings. The summed E-state index contributed by atoms with van der Waals surface area (Å²) in [6.45, 7) is 2.65. The summed E-state index contributed by atoms with van der Waals surface area (Å²) >= 11 is 0. The molecule has 0 amide bonds. The average Bonchev–Trinajstić information content (AvgIpc) is 2.61. The quantitative estimate of drug-likeness (QED) is 0.782. The van der Waals surface area contributed by atoms with E-state index < -0.39 is 16.0 Å². The molecule has 1 aliphatic carbocycles. The van der Waals surface area contributed by atoms with Crippen LogP contribution >= 0.6 is 0 Å². The number of rotatable bonds is 4. The van der Waals surface area contributed by atoms with Crippen molar-refractivity contribution >= 4 is 16.0 Å². The van der Waals surface area contributed by atoms with Gasteiger partial charge in [0.1, 0.15) is 0 Å². The van der Waals surface area contributed by atoms with Crippen molar-refractivity contribution in [2.75, 3.05) is 13.2 Å². The SMILES string of the molecule is CCOC(=O)c1ccc(S(=O)(=O)N2CCC[C@@H]3CCCC[C@@H]32)cc1. The van der Waals surface area contributed by atoms with Crippen molar-refractivity contribution < 1.29 is 17.9 Å². The highest BCUT2D eigenvalue weighted by molar-refractivity contribution is 7.89. The maximum Gasteiger partial charge on any atom is 0.338 e. The van der Waals surface area contributed by atoms with Crippen LogP contribution in [0.15, 0.2) is 29.2 Å².